The summed E-state index contributed by atoms with van der Waals surface area (Å²) in [5.74, 6) is 0.209. The molecule has 12 heteroatoms. The monoisotopic (exact) mass is 556 g/mol. The molecule has 1 unspecified atom stereocenters. The maximum atomic E-state index is 13.0. The van der Waals surface area contributed by atoms with Crippen molar-refractivity contribution in [2.45, 2.75) is 37.6 Å². The van der Waals surface area contributed by atoms with Crippen LogP contribution in [-0.2, 0) is 4.74 Å². The molecule has 12 nitrogen and oxygen atoms in total. The van der Waals surface area contributed by atoms with Gasteiger partial charge in [-0.15, -0.1) is 0 Å². The van der Waals surface area contributed by atoms with Crippen LogP contribution in [0, 0.1) is 0 Å². The predicted molar refractivity (Wildman–Crippen MR) is 154 cm³/mol. The fourth-order valence-corrected chi connectivity index (χ4v) is 5.56. The van der Waals surface area contributed by atoms with Crippen LogP contribution in [0.1, 0.15) is 58.0 Å². The average Bonchev–Trinajstić information content (AvgIpc) is 3.48. The third-order valence-corrected chi connectivity index (χ3v) is 7.76. The third kappa shape index (κ3) is 5.64. The number of ether oxygens (including phenoxy) is 1. The van der Waals surface area contributed by atoms with Gasteiger partial charge >= 0.3 is 0 Å². The number of primary amides is 1. The number of nitrogens with one attached hydrogen (secondary N) is 3. The van der Waals surface area contributed by atoms with Gasteiger partial charge in [-0.3, -0.25) is 18.8 Å². The number of aromatic amines is 1. The van der Waals surface area contributed by atoms with Crippen LogP contribution in [0.5, 0.6) is 0 Å². The molecule has 2 amide bonds. The lowest BCUT2D eigenvalue weighted by atomic mass is 9.92. The first-order chi connectivity index (χ1) is 20.0. The van der Waals surface area contributed by atoms with Crippen molar-refractivity contribution in [2.75, 3.05) is 36.5 Å². The molecule has 3 aromatic heterocycles. The minimum absolute atomic E-state index is 0.0461. The van der Waals surface area contributed by atoms with Gasteiger partial charge in [-0.1, -0.05) is 12.1 Å². The number of aromatic nitrogens is 4. The van der Waals surface area contributed by atoms with Crippen LogP contribution < -0.4 is 26.8 Å². The molecule has 5 heterocycles. The number of imidazole rings is 1. The number of anilines is 3. The molecule has 5 N–H and O–H groups in total. The molecule has 1 atom stereocenters. The molecule has 41 heavy (non-hydrogen) atoms. The van der Waals surface area contributed by atoms with Gasteiger partial charge in [0.05, 0.1) is 6.20 Å². The van der Waals surface area contributed by atoms with E-state index in [0.717, 1.165) is 44.6 Å². The van der Waals surface area contributed by atoms with E-state index in [-0.39, 0.29) is 28.7 Å². The van der Waals surface area contributed by atoms with E-state index in [1.807, 2.05) is 17.0 Å². The third-order valence-electron chi connectivity index (χ3n) is 7.76. The minimum atomic E-state index is -0.681. The molecule has 2 fully saturated rings. The van der Waals surface area contributed by atoms with E-state index >= 15 is 0 Å². The van der Waals surface area contributed by atoms with E-state index < -0.39 is 11.8 Å². The zero-order valence-electron chi connectivity index (χ0n) is 22.5. The number of pyridine rings is 1. The second-order valence-electron chi connectivity index (χ2n) is 10.4. The highest BCUT2D eigenvalue weighted by Gasteiger charge is 2.25. The van der Waals surface area contributed by atoms with Gasteiger partial charge in [0.15, 0.2) is 11.5 Å². The summed E-state index contributed by atoms with van der Waals surface area (Å²) in [5, 5.41) is 6.21. The zero-order valence-corrected chi connectivity index (χ0v) is 22.5. The van der Waals surface area contributed by atoms with Gasteiger partial charge in [-0.25, -0.2) is 9.97 Å². The van der Waals surface area contributed by atoms with Crippen molar-refractivity contribution in [1.82, 2.24) is 24.7 Å². The predicted octanol–water partition coefficient (Wildman–Crippen LogP) is 2.55. The molecular formula is C29H32N8O4. The number of fused-ring (bicyclic) bond motifs is 1. The van der Waals surface area contributed by atoms with Crippen molar-refractivity contribution in [1.29, 1.82) is 0 Å². The van der Waals surface area contributed by atoms with Crippen LogP contribution in [-0.4, -0.2) is 63.5 Å². The largest absolute Gasteiger partial charge is 0.381 e. The minimum Gasteiger partial charge on any atom is -0.381 e. The highest BCUT2D eigenvalue weighted by Crippen LogP contribution is 2.29. The maximum absolute atomic E-state index is 13.0. The highest BCUT2D eigenvalue weighted by atomic mass is 16.5. The Kier molecular flexibility index (Phi) is 7.38. The fraction of sp³-hybridized carbons (Fsp3) is 0.345. The first kappa shape index (κ1) is 26.5. The van der Waals surface area contributed by atoms with E-state index in [1.54, 1.807) is 18.5 Å². The normalized spacial score (nSPS) is 17.9. The number of piperidine rings is 1. The van der Waals surface area contributed by atoms with Crippen molar-refractivity contribution in [3.63, 3.8) is 0 Å². The molecular weight excluding hydrogens is 524 g/mol. The van der Waals surface area contributed by atoms with Crippen molar-refractivity contribution in [2.24, 2.45) is 5.73 Å². The number of carbonyl (C=O) groups is 2. The van der Waals surface area contributed by atoms with Crippen molar-refractivity contribution in [3.05, 3.63) is 82.2 Å². The molecule has 1 aromatic carbocycles. The highest BCUT2D eigenvalue weighted by molar-refractivity contribution is 5.96. The molecule has 0 bridgehead atoms. The summed E-state index contributed by atoms with van der Waals surface area (Å²) in [5.41, 5.74) is 8.00. The number of carbonyl (C=O) groups excluding carboxylic acids is 2. The van der Waals surface area contributed by atoms with Gasteiger partial charge in [-0.2, -0.15) is 0 Å². The Hall–Kier alpha value is -4.71. The van der Waals surface area contributed by atoms with Crippen LogP contribution in [0.15, 0.2) is 59.8 Å². The van der Waals surface area contributed by atoms with E-state index in [4.69, 9.17) is 15.5 Å². The summed E-state index contributed by atoms with van der Waals surface area (Å²) in [6.07, 6.45) is 8.33. The number of nitrogens with zero attached hydrogens (tertiary/aromatic N) is 4. The number of nitrogens with two attached hydrogens (primary N) is 1. The molecule has 0 radical (unpaired) electrons. The number of rotatable bonds is 7. The number of hydrogen-bond donors (Lipinski definition) is 4. The number of amides is 2. The number of hydrogen-bond acceptors (Lipinski definition) is 8. The lowest BCUT2D eigenvalue weighted by molar-refractivity contribution is 0.0853. The molecule has 2 aliphatic heterocycles. The van der Waals surface area contributed by atoms with Crippen molar-refractivity contribution < 1.29 is 14.3 Å². The van der Waals surface area contributed by atoms with Crippen LogP contribution in [0.4, 0.5) is 17.3 Å². The molecule has 2 aliphatic rings. The quantitative estimate of drug-likeness (QED) is 0.270. The van der Waals surface area contributed by atoms with Crippen LogP contribution >= 0.6 is 0 Å². The second kappa shape index (κ2) is 11.4. The van der Waals surface area contributed by atoms with Gasteiger partial charge in [0.25, 0.3) is 17.4 Å². The standard InChI is InChI=1S/C29H32N8O4/c30-26(38)25-27(33-20-5-3-18(4-6-20)19-9-14-41-15-10-19)35-24(16-32-25)36-12-1-2-21(17-36)34-28(39)22-7-8-23-31-11-13-37(23)29(22)40/h3-8,11,13,16,19,21,31H,1-2,9-10,12,14-15,17H2,(H2,30,38)(H,33,35)(H,34,39). The lowest BCUT2D eigenvalue weighted by Gasteiger charge is -2.34. The molecule has 0 aliphatic carbocycles. The Bertz CT molecular complexity index is 1620. The Morgan fingerprint density at radius 3 is 2.66 bits per heavy atom. The van der Waals surface area contributed by atoms with Gasteiger partial charge in [0.1, 0.15) is 17.0 Å². The molecule has 0 spiro atoms. The van der Waals surface area contributed by atoms with Gasteiger partial charge < -0.3 is 31.0 Å². The van der Waals surface area contributed by atoms with Crippen LogP contribution in [0.25, 0.3) is 5.65 Å². The van der Waals surface area contributed by atoms with E-state index in [1.165, 1.54) is 22.2 Å². The topological polar surface area (TPSA) is 160 Å². The Morgan fingerprint density at radius 2 is 1.88 bits per heavy atom. The fourth-order valence-electron chi connectivity index (χ4n) is 5.56. The Balaban J connectivity index is 1.17. The molecule has 212 valence electrons. The summed E-state index contributed by atoms with van der Waals surface area (Å²) in [7, 11) is 0. The first-order valence-corrected chi connectivity index (χ1v) is 13.8. The summed E-state index contributed by atoms with van der Waals surface area (Å²) in [6, 6.07) is 11.1. The van der Waals surface area contributed by atoms with E-state index in [9.17, 15) is 14.4 Å². The molecule has 0 saturated carbocycles. The zero-order chi connectivity index (χ0) is 28.3. The Labute approximate surface area is 235 Å². The summed E-state index contributed by atoms with van der Waals surface area (Å²) < 4.78 is 6.88. The van der Waals surface area contributed by atoms with Crippen LogP contribution in [0.3, 0.4) is 0 Å². The van der Waals surface area contributed by atoms with Gasteiger partial charge in [0, 0.05) is 50.4 Å². The van der Waals surface area contributed by atoms with E-state index in [0.29, 0.717) is 30.5 Å². The molecule has 6 rings (SSSR count). The summed E-state index contributed by atoms with van der Waals surface area (Å²) in [6.45, 7) is 2.73. The summed E-state index contributed by atoms with van der Waals surface area (Å²) in [4.78, 5) is 51.9. The number of benzene rings is 1. The average molecular weight is 557 g/mol. The SMILES string of the molecule is NC(=O)c1ncc(N2CCCC(NC(=O)c3ccc4[nH]ccn4c3=O)C2)nc1Nc1ccc(C2CCOCC2)cc1. The molecule has 4 aromatic rings. The Morgan fingerprint density at radius 1 is 1.07 bits per heavy atom. The number of H-pyrrole nitrogens is 1. The summed E-state index contributed by atoms with van der Waals surface area (Å²) >= 11 is 0. The second-order valence-corrected chi connectivity index (χ2v) is 10.4. The van der Waals surface area contributed by atoms with Crippen molar-refractivity contribution in [3.8, 4) is 0 Å². The van der Waals surface area contributed by atoms with Gasteiger partial charge in [-0.05, 0) is 61.4 Å². The van der Waals surface area contributed by atoms with Crippen molar-refractivity contribution >= 4 is 34.8 Å². The molecule has 2 saturated heterocycles. The first-order valence-electron chi connectivity index (χ1n) is 13.8. The van der Waals surface area contributed by atoms with E-state index in [2.05, 4.69) is 32.7 Å². The maximum Gasteiger partial charge on any atom is 0.271 e. The van der Waals surface area contributed by atoms with Crippen LogP contribution in [0.2, 0.25) is 0 Å². The smallest absolute Gasteiger partial charge is 0.271 e. The van der Waals surface area contributed by atoms with Gasteiger partial charge in [0.2, 0.25) is 0 Å². The lowest BCUT2D eigenvalue weighted by Crippen LogP contribution is -2.49.